The van der Waals surface area contributed by atoms with Crippen LogP contribution in [0.3, 0.4) is 0 Å². The van der Waals surface area contributed by atoms with Crippen LogP contribution in [-0.4, -0.2) is 49.5 Å². The van der Waals surface area contributed by atoms with Crippen LogP contribution in [0.25, 0.3) is 0 Å². The van der Waals surface area contributed by atoms with Crippen LogP contribution >= 0.6 is 11.3 Å². The van der Waals surface area contributed by atoms with Gasteiger partial charge in [-0.15, -0.1) is 11.3 Å². The van der Waals surface area contributed by atoms with E-state index in [4.69, 9.17) is 4.74 Å². The summed E-state index contributed by atoms with van der Waals surface area (Å²) in [6, 6.07) is 10.2. The van der Waals surface area contributed by atoms with Crippen molar-refractivity contribution >= 4 is 16.5 Å². The van der Waals surface area contributed by atoms with Gasteiger partial charge in [-0.1, -0.05) is 37.3 Å². The maximum absolute atomic E-state index is 9.84. The van der Waals surface area contributed by atoms with Gasteiger partial charge in [0.1, 0.15) is 0 Å². The molecule has 0 bridgehead atoms. The first kappa shape index (κ1) is 17.4. The van der Waals surface area contributed by atoms with Gasteiger partial charge >= 0.3 is 0 Å². The zero-order valence-electron chi connectivity index (χ0n) is 14.1. The smallest absolute Gasteiger partial charge is 0.185 e. The van der Waals surface area contributed by atoms with E-state index in [1.54, 1.807) is 11.3 Å². The van der Waals surface area contributed by atoms with Gasteiger partial charge in [0.05, 0.1) is 19.8 Å². The molecule has 3 rings (SSSR count). The molecule has 2 aromatic rings. The summed E-state index contributed by atoms with van der Waals surface area (Å²) in [6.07, 6.45) is 1.95. The van der Waals surface area contributed by atoms with Crippen LogP contribution in [0.5, 0.6) is 0 Å². The minimum atomic E-state index is -0.279. The number of hydrogen-bond donors (Lipinski definition) is 2. The van der Waals surface area contributed by atoms with Crippen LogP contribution in [0.15, 0.2) is 36.5 Å². The predicted octanol–water partition coefficient (Wildman–Crippen LogP) is 2.02. The molecule has 1 fully saturated rings. The Morgan fingerprint density at radius 2 is 2.04 bits per heavy atom. The van der Waals surface area contributed by atoms with Gasteiger partial charge in [0.25, 0.3) is 0 Å². The van der Waals surface area contributed by atoms with Gasteiger partial charge in [0.2, 0.25) is 0 Å². The summed E-state index contributed by atoms with van der Waals surface area (Å²) in [7, 11) is 0. The fourth-order valence-corrected chi connectivity index (χ4v) is 3.76. The molecule has 1 atom stereocenters. The van der Waals surface area contributed by atoms with Crippen LogP contribution in [0, 0.1) is 0 Å². The van der Waals surface area contributed by atoms with Crippen molar-refractivity contribution in [1.82, 2.24) is 10.3 Å². The van der Waals surface area contributed by atoms with Crippen molar-refractivity contribution in [3.05, 3.63) is 47.0 Å². The molecule has 1 aliphatic heterocycles. The number of morpholine rings is 1. The first-order chi connectivity index (χ1) is 11.7. The number of aliphatic hydroxyl groups is 1. The Morgan fingerprint density at radius 1 is 1.29 bits per heavy atom. The second-order valence-electron chi connectivity index (χ2n) is 6.40. The van der Waals surface area contributed by atoms with Crippen molar-refractivity contribution in [1.29, 1.82) is 0 Å². The molecule has 5 nitrogen and oxygen atoms in total. The summed E-state index contributed by atoms with van der Waals surface area (Å²) in [5.74, 6) is 0. The highest BCUT2D eigenvalue weighted by atomic mass is 32.1. The number of aromatic nitrogens is 1. The van der Waals surface area contributed by atoms with Crippen molar-refractivity contribution in [3.63, 3.8) is 0 Å². The lowest BCUT2D eigenvalue weighted by molar-refractivity contribution is 0.122. The fraction of sp³-hybridized carbons (Fsp3) is 0.500. The van der Waals surface area contributed by atoms with Gasteiger partial charge in [-0.05, 0) is 5.56 Å². The molecule has 0 amide bonds. The van der Waals surface area contributed by atoms with E-state index in [0.29, 0.717) is 0 Å². The quantitative estimate of drug-likeness (QED) is 0.802. The maximum Gasteiger partial charge on any atom is 0.185 e. The van der Waals surface area contributed by atoms with Crippen molar-refractivity contribution in [3.8, 4) is 0 Å². The first-order valence-corrected chi connectivity index (χ1v) is 9.17. The van der Waals surface area contributed by atoms with Crippen molar-refractivity contribution in [2.75, 3.05) is 44.4 Å². The summed E-state index contributed by atoms with van der Waals surface area (Å²) in [5, 5.41) is 14.4. The highest BCUT2D eigenvalue weighted by molar-refractivity contribution is 7.15. The van der Waals surface area contributed by atoms with Gasteiger partial charge < -0.3 is 20.1 Å². The van der Waals surface area contributed by atoms with Crippen LogP contribution in [0.2, 0.25) is 0 Å². The molecule has 2 N–H and O–H groups in total. The molecule has 1 aliphatic rings. The van der Waals surface area contributed by atoms with Gasteiger partial charge in [0.15, 0.2) is 5.13 Å². The second kappa shape index (κ2) is 8.07. The Kier molecular flexibility index (Phi) is 5.84. The zero-order valence-corrected chi connectivity index (χ0v) is 14.9. The molecule has 0 aliphatic carbocycles. The number of nitrogens with zero attached hydrogens (tertiary/aromatic N) is 2. The lowest BCUT2D eigenvalue weighted by atomic mass is 9.83. The number of ether oxygens (including phenoxy) is 1. The largest absolute Gasteiger partial charge is 0.395 e. The van der Waals surface area contributed by atoms with E-state index in [1.165, 1.54) is 4.88 Å². The van der Waals surface area contributed by atoms with E-state index in [0.717, 1.165) is 50.1 Å². The number of hydrogen-bond acceptors (Lipinski definition) is 6. The van der Waals surface area contributed by atoms with E-state index >= 15 is 0 Å². The van der Waals surface area contributed by atoms with Crippen molar-refractivity contribution in [2.45, 2.75) is 18.9 Å². The first-order valence-electron chi connectivity index (χ1n) is 8.36. The zero-order chi connectivity index (χ0) is 16.8. The lowest BCUT2D eigenvalue weighted by Crippen LogP contribution is -2.38. The van der Waals surface area contributed by atoms with Gasteiger partial charge in [-0.3, -0.25) is 0 Å². The topological polar surface area (TPSA) is 57.6 Å². The number of thiazole rings is 1. The summed E-state index contributed by atoms with van der Waals surface area (Å²) in [5.41, 5.74) is 0.872. The number of anilines is 1. The number of rotatable bonds is 7. The van der Waals surface area contributed by atoms with Crippen molar-refractivity contribution in [2.24, 2.45) is 0 Å². The van der Waals surface area contributed by atoms with Gasteiger partial charge in [-0.25, -0.2) is 4.98 Å². The van der Waals surface area contributed by atoms with E-state index in [9.17, 15) is 5.11 Å². The van der Waals surface area contributed by atoms with Crippen LogP contribution in [0.1, 0.15) is 17.4 Å². The second-order valence-corrected chi connectivity index (χ2v) is 7.49. The Balaban J connectivity index is 1.55. The minimum Gasteiger partial charge on any atom is -0.395 e. The number of aliphatic hydroxyl groups excluding tert-OH is 1. The molecule has 1 aromatic heterocycles. The predicted molar refractivity (Wildman–Crippen MR) is 97.7 cm³/mol. The Morgan fingerprint density at radius 3 is 2.75 bits per heavy atom. The molecular formula is C18H25N3O2S. The summed E-state index contributed by atoms with van der Waals surface area (Å²) < 4.78 is 5.38. The summed E-state index contributed by atoms with van der Waals surface area (Å²) in [6.45, 7) is 7.07. The molecule has 2 heterocycles. The Labute approximate surface area is 147 Å². The van der Waals surface area contributed by atoms with Crippen LogP contribution < -0.4 is 10.2 Å². The molecule has 0 spiro atoms. The fourth-order valence-electron chi connectivity index (χ4n) is 2.83. The van der Waals surface area contributed by atoms with E-state index in [1.807, 2.05) is 24.4 Å². The third-order valence-corrected chi connectivity index (χ3v) is 5.52. The summed E-state index contributed by atoms with van der Waals surface area (Å²) in [4.78, 5) is 8.02. The van der Waals surface area contributed by atoms with Gasteiger partial charge in [-0.2, -0.15) is 0 Å². The standard InChI is InChI=1S/C18H25N3O2S/c1-18(14-22,15-5-3-2-4-6-15)13-19-11-16-12-20-17(24-16)21-7-9-23-10-8-21/h2-6,12,19,22H,7-11,13-14H2,1H3. The maximum atomic E-state index is 9.84. The van der Waals surface area contributed by atoms with Gasteiger partial charge in [0, 0.05) is 42.7 Å². The molecular weight excluding hydrogens is 322 g/mol. The molecule has 130 valence electrons. The Bertz CT molecular complexity index is 628. The number of benzene rings is 1. The van der Waals surface area contributed by atoms with Crippen LogP contribution in [-0.2, 0) is 16.7 Å². The molecule has 0 radical (unpaired) electrons. The Hall–Kier alpha value is -1.47. The molecule has 0 saturated carbocycles. The third kappa shape index (κ3) is 4.13. The molecule has 24 heavy (non-hydrogen) atoms. The highest BCUT2D eigenvalue weighted by Gasteiger charge is 2.25. The third-order valence-electron chi connectivity index (χ3n) is 4.46. The van der Waals surface area contributed by atoms with E-state index in [-0.39, 0.29) is 12.0 Å². The average molecular weight is 347 g/mol. The van der Waals surface area contributed by atoms with E-state index in [2.05, 4.69) is 34.3 Å². The molecule has 1 unspecified atom stereocenters. The lowest BCUT2D eigenvalue weighted by Gasteiger charge is -2.28. The normalized spacial score (nSPS) is 17.7. The molecule has 6 heteroatoms. The van der Waals surface area contributed by atoms with Crippen molar-refractivity contribution < 1.29 is 9.84 Å². The number of nitrogens with one attached hydrogen (secondary N) is 1. The highest BCUT2D eigenvalue weighted by Crippen LogP contribution is 2.25. The molecule has 1 saturated heterocycles. The average Bonchev–Trinajstić information content (AvgIpc) is 3.12. The SMILES string of the molecule is CC(CO)(CNCc1cnc(N2CCOCC2)s1)c1ccccc1. The minimum absolute atomic E-state index is 0.117. The summed E-state index contributed by atoms with van der Waals surface area (Å²) >= 11 is 1.73. The molecule has 1 aromatic carbocycles. The monoisotopic (exact) mass is 347 g/mol. The van der Waals surface area contributed by atoms with E-state index < -0.39 is 0 Å². The van der Waals surface area contributed by atoms with Crippen LogP contribution in [0.4, 0.5) is 5.13 Å².